The lowest BCUT2D eigenvalue weighted by molar-refractivity contribution is 0.0699. The van der Waals surface area contributed by atoms with Gasteiger partial charge >= 0.3 is 5.97 Å². The van der Waals surface area contributed by atoms with E-state index in [1.807, 2.05) is 30.3 Å². The molecular weight excluding hydrogens is 242 g/mol. The minimum absolute atomic E-state index is 0.201. The Hall–Kier alpha value is -2.69. The maximum absolute atomic E-state index is 11.1. The largest absolute Gasteiger partial charge is 0.478 e. The van der Waals surface area contributed by atoms with Crippen molar-refractivity contribution in [3.8, 4) is 11.4 Å². The van der Waals surface area contributed by atoms with E-state index in [0.717, 1.165) is 5.56 Å². The van der Waals surface area contributed by atoms with Gasteiger partial charge in [-0.1, -0.05) is 30.3 Å². The van der Waals surface area contributed by atoms with Gasteiger partial charge in [-0.2, -0.15) is 0 Å². The lowest BCUT2D eigenvalue weighted by atomic mass is 10.1. The fraction of sp³-hybridized carbons (Fsp3) is 0.0714. The Morgan fingerprint density at radius 3 is 2.63 bits per heavy atom. The van der Waals surface area contributed by atoms with Crippen molar-refractivity contribution in [1.82, 2.24) is 15.0 Å². The first-order valence-electron chi connectivity index (χ1n) is 5.81. The van der Waals surface area contributed by atoms with Gasteiger partial charge in [-0.3, -0.25) is 0 Å². The maximum atomic E-state index is 11.1. The highest BCUT2D eigenvalue weighted by Gasteiger charge is 2.16. The van der Waals surface area contributed by atoms with Crippen molar-refractivity contribution in [3.63, 3.8) is 0 Å². The van der Waals surface area contributed by atoms with Crippen molar-refractivity contribution in [2.75, 3.05) is 0 Å². The molecule has 94 valence electrons. The van der Waals surface area contributed by atoms with Crippen LogP contribution in [0, 0.1) is 6.92 Å². The number of carboxylic acid groups (broad SMARTS) is 1. The lowest BCUT2D eigenvalue weighted by Gasteiger charge is -2.03. The third-order valence-corrected chi connectivity index (χ3v) is 2.97. The minimum Gasteiger partial charge on any atom is -0.478 e. The molecule has 0 saturated carbocycles. The summed E-state index contributed by atoms with van der Waals surface area (Å²) in [6.45, 7) is 1.79. The SMILES string of the molecule is Cc1nc(-c2ccccc2)nc2[nH]cc(C(=O)O)c12. The van der Waals surface area contributed by atoms with E-state index < -0.39 is 5.97 Å². The van der Waals surface area contributed by atoms with E-state index in [9.17, 15) is 4.79 Å². The highest BCUT2D eigenvalue weighted by Crippen LogP contribution is 2.23. The molecule has 2 heterocycles. The van der Waals surface area contributed by atoms with E-state index in [-0.39, 0.29) is 5.56 Å². The summed E-state index contributed by atoms with van der Waals surface area (Å²) < 4.78 is 0. The summed E-state index contributed by atoms with van der Waals surface area (Å²) in [4.78, 5) is 22.8. The number of hydrogen-bond acceptors (Lipinski definition) is 3. The molecule has 0 aliphatic rings. The molecule has 3 aromatic rings. The first-order valence-corrected chi connectivity index (χ1v) is 5.81. The fourth-order valence-corrected chi connectivity index (χ4v) is 2.10. The predicted molar refractivity (Wildman–Crippen MR) is 71.0 cm³/mol. The van der Waals surface area contributed by atoms with Crippen LogP contribution in [0.5, 0.6) is 0 Å². The monoisotopic (exact) mass is 253 g/mol. The number of nitrogens with one attached hydrogen (secondary N) is 1. The number of aryl methyl sites for hydroxylation is 1. The molecule has 2 aromatic heterocycles. The van der Waals surface area contributed by atoms with Crippen LogP contribution in [0.1, 0.15) is 16.1 Å². The second kappa shape index (κ2) is 4.20. The molecule has 19 heavy (non-hydrogen) atoms. The van der Waals surface area contributed by atoms with Crippen LogP contribution < -0.4 is 0 Å². The zero-order valence-electron chi connectivity index (χ0n) is 10.2. The van der Waals surface area contributed by atoms with E-state index in [2.05, 4.69) is 15.0 Å². The quantitative estimate of drug-likeness (QED) is 0.735. The van der Waals surface area contributed by atoms with Crippen molar-refractivity contribution in [2.45, 2.75) is 6.92 Å². The second-order valence-corrected chi connectivity index (χ2v) is 4.23. The molecule has 0 aliphatic heterocycles. The number of aromatic carboxylic acids is 1. The molecule has 0 amide bonds. The van der Waals surface area contributed by atoms with Crippen molar-refractivity contribution < 1.29 is 9.90 Å². The van der Waals surface area contributed by atoms with Gasteiger partial charge in [-0.15, -0.1) is 0 Å². The van der Waals surface area contributed by atoms with E-state index in [1.165, 1.54) is 6.20 Å². The highest BCUT2D eigenvalue weighted by molar-refractivity contribution is 6.03. The van der Waals surface area contributed by atoms with Gasteiger partial charge in [-0.25, -0.2) is 14.8 Å². The maximum Gasteiger partial charge on any atom is 0.338 e. The van der Waals surface area contributed by atoms with Gasteiger partial charge in [0.25, 0.3) is 0 Å². The Labute approximate surface area is 109 Å². The smallest absolute Gasteiger partial charge is 0.338 e. The Morgan fingerprint density at radius 1 is 1.21 bits per heavy atom. The summed E-state index contributed by atoms with van der Waals surface area (Å²) in [6.07, 6.45) is 1.45. The van der Waals surface area contributed by atoms with Crippen LogP contribution in [-0.4, -0.2) is 26.0 Å². The summed E-state index contributed by atoms with van der Waals surface area (Å²) >= 11 is 0. The summed E-state index contributed by atoms with van der Waals surface area (Å²) in [7, 11) is 0. The van der Waals surface area contributed by atoms with Gasteiger partial charge in [0.2, 0.25) is 0 Å². The molecular formula is C14H11N3O2. The molecule has 5 nitrogen and oxygen atoms in total. The predicted octanol–water partition coefficient (Wildman–Crippen LogP) is 2.63. The number of aromatic amines is 1. The van der Waals surface area contributed by atoms with E-state index >= 15 is 0 Å². The van der Waals surface area contributed by atoms with E-state index in [1.54, 1.807) is 6.92 Å². The molecule has 0 radical (unpaired) electrons. The molecule has 0 unspecified atom stereocenters. The average molecular weight is 253 g/mol. The molecule has 1 aromatic carbocycles. The zero-order chi connectivity index (χ0) is 13.4. The number of nitrogens with zero attached hydrogens (tertiary/aromatic N) is 2. The molecule has 0 fully saturated rings. The van der Waals surface area contributed by atoms with E-state index in [4.69, 9.17) is 5.11 Å². The number of aromatic nitrogens is 3. The van der Waals surface area contributed by atoms with E-state index in [0.29, 0.717) is 22.6 Å². The molecule has 0 spiro atoms. The molecule has 0 aliphatic carbocycles. The van der Waals surface area contributed by atoms with Gasteiger partial charge in [0.1, 0.15) is 5.65 Å². The normalized spacial score (nSPS) is 10.8. The Kier molecular flexibility index (Phi) is 2.52. The van der Waals surface area contributed by atoms with Crippen LogP contribution >= 0.6 is 0 Å². The van der Waals surface area contributed by atoms with Gasteiger partial charge in [-0.05, 0) is 6.92 Å². The second-order valence-electron chi connectivity index (χ2n) is 4.23. The van der Waals surface area contributed by atoms with Crippen LogP contribution in [-0.2, 0) is 0 Å². The third-order valence-electron chi connectivity index (χ3n) is 2.97. The number of H-pyrrole nitrogens is 1. The summed E-state index contributed by atoms with van der Waals surface area (Å²) in [6, 6.07) is 9.58. The molecule has 0 bridgehead atoms. The number of carboxylic acids is 1. The molecule has 3 rings (SSSR count). The minimum atomic E-state index is -0.981. The number of fused-ring (bicyclic) bond motifs is 1. The van der Waals surface area contributed by atoms with Crippen LogP contribution in [0.25, 0.3) is 22.4 Å². The van der Waals surface area contributed by atoms with Crippen LogP contribution in [0.4, 0.5) is 0 Å². The van der Waals surface area contributed by atoms with Crippen molar-refractivity contribution in [1.29, 1.82) is 0 Å². The number of carbonyl (C=O) groups is 1. The number of hydrogen-bond donors (Lipinski definition) is 2. The summed E-state index contributed by atoms with van der Waals surface area (Å²) in [5.41, 5.74) is 2.30. The van der Waals surface area contributed by atoms with Crippen LogP contribution in [0.3, 0.4) is 0 Å². The average Bonchev–Trinajstić information content (AvgIpc) is 2.84. The number of benzene rings is 1. The molecule has 0 atom stereocenters. The highest BCUT2D eigenvalue weighted by atomic mass is 16.4. The van der Waals surface area contributed by atoms with Gasteiger partial charge in [0.05, 0.1) is 16.6 Å². The fourth-order valence-electron chi connectivity index (χ4n) is 2.10. The summed E-state index contributed by atoms with van der Waals surface area (Å²) in [5.74, 6) is -0.394. The topological polar surface area (TPSA) is 78.9 Å². The standard InChI is InChI=1S/C14H11N3O2/c1-8-11-10(14(18)19)7-15-13(11)17-12(16-8)9-5-3-2-4-6-9/h2-7H,1H3,(H,18,19)(H,15,16,17). The van der Waals surface area contributed by atoms with Crippen molar-refractivity contribution in [2.24, 2.45) is 0 Å². The Morgan fingerprint density at radius 2 is 1.95 bits per heavy atom. The van der Waals surface area contributed by atoms with Crippen molar-refractivity contribution in [3.05, 3.63) is 47.8 Å². The zero-order valence-corrected chi connectivity index (χ0v) is 10.2. The molecule has 2 N–H and O–H groups in total. The Bertz CT molecular complexity index is 763. The van der Waals surface area contributed by atoms with Crippen molar-refractivity contribution >= 4 is 17.0 Å². The third kappa shape index (κ3) is 1.85. The van der Waals surface area contributed by atoms with Gasteiger partial charge in [0, 0.05) is 11.8 Å². The summed E-state index contributed by atoms with van der Waals surface area (Å²) in [5, 5.41) is 9.67. The van der Waals surface area contributed by atoms with Crippen LogP contribution in [0.2, 0.25) is 0 Å². The number of rotatable bonds is 2. The Balaban J connectivity index is 2.25. The van der Waals surface area contributed by atoms with Gasteiger partial charge in [0.15, 0.2) is 5.82 Å². The molecule has 5 heteroatoms. The molecule has 0 saturated heterocycles. The first kappa shape index (κ1) is 11.4. The van der Waals surface area contributed by atoms with Crippen LogP contribution in [0.15, 0.2) is 36.5 Å². The lowest BCUT2D eigenvalue weighted by Crippen LogP contribution is -1.98. The van der Waals surface area contributed by atoms with Gasteiger partial charge < -0.3 is 10.1 Å². The first-order chi connectivity index (χ1) is 9.16.